The Balaban J connectivity index is 3.39. The highest BCUT2D eigenvalue weighted by Gasteiger charge is 2.74. The standard InChI is InChI=1S/C11H11F7N2O/c1-8(2,3)7(21)5-4-6(20-19-5)9(12,10(13,14)15)11(16,17)18/h4H,1-3H3,(H,19,20). The maximum absolute atomic E-state index is 13.7. The summed E-state index contributed by atoms with van der Waals surface area (Å²) in [5.74, 6) is -0.823. The van der Waals surface area contributed by atoms with Gasteiger partial charge in [-0.3, -0.25) is 9.89 Å². The zero-order chi connectivity index (χ0) is 16.9. The number of aromatic amines is 1. The van der Waals surface area contributed by atoms with Crippen LogP contribution in [0.2, 0.25) is 0 Å². The zero-order valence-electron chi connectivity index (χ0n) is 11.1. The first-order valence-electron chi connectivity index (χ1n) is 5.55. The molecular formula is C11H11F7N2O. The van der Waals surface area contributed by atoms with Crippen LogP contribution >= 0.6 is 0 Å². The molecule has 21 heavy (non-hydrogen) atoms. The Kier molecular flexibility index (Phi) is 3.91. The first kappa shape index (κ1) is 17.4. The number of rotatable bonds is 2. The van der Waals surface area contributed by atoms with Crippen molar-refractivity contribution < 1.29 is 35.5 Å². The molecule has 1 N–H and O–H groups in total. The summed E-state index contributed by atoms with van der Waals surface area (Å²) >= 11 is 0. The molecule has 0 aliphatic rings. The Morgan fingerprint density at radius 2 is 1.43 bits per heavy atom. The predicted octanol–water partition coefficient (Wildman–Crippen LogP) is 3.93. The van der Waals surface area contributed by atoms with Gasteiger partial charge in [0.2, 0.25) is 0 Å². The van der Waals surface area contributed by atoms with Crippen LogP contribution in [0.4, 0.5) is 30.7 Å². The van der Waals surface area contributed by atoms with Crippen molar-refractivity contribution >= 4 is 5.78 Å². The Labute approximate surface area is 114 Å². The molecule has 0 fully saturated rings. The Bertz CT molecular complexity index is 522. The second kappa shape index (κ2) is 4.70. The maximum atomic E-state index is 13.7. The summed E-state index contributed by atoms with van der Waals surface area (Å²) in [7, 11) is 0. The summed E-state index contributed by atoms with van der Waals surface area (Å²) in [5.41, 5.74) is -9.30. The van der Waals surface area contributed by atoms with Gasteiger partial charge in [-0.25, -0.2) is 4.39 Å². The Morgan fingerprint density at radius 3 is 1.76 bits per heavy atom. The van der Waals surface area contributed by atoms with Gasteiger partial charge in [0.15, 0.2) is 5.78 Å². The summed E-state index contributed by atoms with van der Waals surface area (Å²) in [6.07, 6.45) is -12.5. The lowest BCUT2D eigenvalue weighted by molar-refractivity contribution is -0.350. The number of nitrogens with one attached hydrogen (secondary N) is 1. The van der Waals surface area contributed by atoms with Gasteiger partial charge in [0.05, 0.1) is 5.69 Å². The van der Waals surface area contributed by atoms with Gasteiger partial charge in [0.25, 0.3) is 0 Å². The number of hydrogen-bond acceptors (Lipinski definition) is 2. The average molecular weight is 320 g/mol. The van der Waals surface area contributed by atoms with Gasteiger partial charge >= 0.3 is 18.0 Å². The number of Topliss-reactive ketones (excluding diaryl/α,β-unsaturated/α-hetero) is 1. The number of ketones is 1. The van der Waals surface area contributed by atoms with Gasteiger partial charge in [0, 0.05) is 5.41 Å². The van der Waals surface area contributed by atoms with Crippen molar-refractivity contribution in [3.8, 4) is 0 Å². The number of carbonyl (C=O) groups excluding carboxylic acids is 1. The van der Waals surface area contributed by atoms with E-state index in [0.29, 0.717) is 0 Å². The predicted molar refractivity (Wildman–Crippen MR) is 57.3 cm³/mol. The fourth-order valence-corrected chi connectivity index (χ4v) is 1.46. The van der Waals surface area contributed by atoms with Crippen molar-refractivity contribution in [1.82, 2.24) is 10.2 Å². The molecule has 0 spiro atoms. The molecule has 1 heterocycles. The number of nitrogens with zero attached hydrogens (tertiary/aromatic N) is 1. The van der Waals surface area contributed by atoms with E-state index in [1.165, 1.54) is 25.9 Å². The molecule has 1 aromatic rings. The second-order valence-electron chi connectivity index (χ2n) is 5.40. The normalized spacial score (nSPS) is 14.4. The van der Waals surface area contributed by atoms with Gasteiger partial charge in [0.1, 0.15) is 5.69 Å². The van der Waals surface area contributed by atoms with Crippen LogP contribution in [-0.2, 0) is 5.67 Å². The summed E-state index contributed by atoms with van der Waals surface area (Å²) < 4.78 is 88.7. The van der Waals surface area contributed by atoms with Gasteiger partial charge in [-0.1, -0.05) is 20.8 Å². The average Bonchev–Trinajstić information content (AvgIpc) is 2.71. The van der Waals surface area contributed by atoms with E-state index in [0.717, 1.165) is 0 Å². The van der Waals surface area contributed by atoms with E-state index in [-0.39, 0.29) is 6.07 Å². The lowest BCUT2D eigenvalue weighted by Crippen LogP contribution is -2.50. The summed E-state index contributed by atoms with van der Waals surface area (Å²) in [6, 6.07) is 0.133. The van der Waals surface area contributed by atoms with Gasteiger partial charge < -0.3 is 0 Å². The SMILES string of the molecule is CC(C)(C)C(=O)c1cc(C(F)(C(F)(F)F)C(F)(F)F)[nH]n1. The Hall–Kier alpha value is -1.61. The van der Waals surface area contributed by atoms with Crippen LogP contribution in [0.1, 0.15) is 37.0 Å². The highest BCUT2D eigenvalue weighted by molar-refractivity contribution is 5.98. The van der Waals surface area contributed by atoms with E-state index in [2.05, 4.69) is 5.10 Å². The number of hydrogen-bond donors (Lipinski definition) is 1. The van der Waals surface area contributed by atoms with E-state index in [1.54, 1.807) is 0 Å². The van der Waals surface area contributed by atoms with Crippen molar-refractivity contribution in [3.05, 3.63) is 17.5 Å². The first-order valence-corrected chi connectivity index (χ1v) is 5.55. The van der Waals surface area contributed by atoms with Crippen LogP contribution in [0.3, 0.4) is 0 Å². The minimum absolute atomic E-state index is 0.133. The van der Waals surface area contributed by atoms with Crippen LogP contribution in [-0.4, -0.2) is 28.3 Å². The molecule has 0 atom stereocenters. The molecule has 10 heteroatoms. The fraction of sp³-hybridized carbons (Fsp3) is 0.636. The third-order valence-corrected chi connectivity index (χ3v) is 2.64. The molecule has 3 nitrogen and oxygen atoms in total. The molecule has 0 aliphatic heterocycles. The number of alkyl halides is 7. The molecule has 1 aromatic heterocycles. The van der Waals surface area contributed by atoms with Crippen LogP contribution in [0.5, 0.6) is 0 Å². The van der Waals surface area contributed by atoms with Crippen molar-refractivity contribution in [2.24, 2.45) is 5.41 Å². The minimum Gasteiger partial charge on any atom is -0.292 e. The smallest absolute Gasteiger partial charge is 0.292 e. The summed E-state index contributed by atoms with van der Waals surface area (Å²) in [6.45, 7) is 4.17. The molecule has 0 saturated carbocycles. The minimum atomic E-state index is -6.25. The van der Waals surface area contributed by atoms with E-state index in [9.17, 15) is 35.5 Å². The number of carbonyl (C=O) groups is 1. The summed E-state index contributed by atoms with van der Waals surface area (Å²) in [5, 5.41) is 4.39. The molecular weight excluding hydrogens is 309 g/mol. The third-order valence-electron chi connectivity index (χ3n) is 2.64. The second-order valence-corrected chi connectivity index (χ2v) is 5.40. The van der Waals surface area contributed by atoms with Crippen LogP contribution < -0.4 is 0 Å². The zero-order valence-corrected chi connectivity index (χ0v) is 11.1. The van der Waals surface area contributed by atoms with Crippen LogP contribution in [0.15, 0.2) is 6.07 Å². The highest BCUT2D eigenvalue weighted by atomic mass is 19.4. The number of halogens is 7. The maximum Gasteiger partial charge on any atom is 0.437 e. The van der Waals surface area contributed by atoms with Crippen molar-refractivity contribution in [1.29, 1.82) is 0 Å². The molecule has 0 saturated heterocycles. The third kappa shape index (κ3) is 2.88. The molecule has 0 aromatic carbocycles. The van der Waals surface area contributed by atoms with E-state index < -0.39 is 40.6 Å². The summed E-state index contributed by atoms with van der Waals surface area (Å²) in [4.78, 5) is 11.7. The number of aromatic nitrogens is 2. The molecule has 0 radical (unpaired) electrons. The number of H-pyrrole nitrogens is 1. The molecule has 0 bridgehead atoms. The van der Waals surface area contributed by atoms with E-state index in [4.69, 9.17) is 0 Å². The molecule has 0 unspecified atom stereocenters. The van der Waals surface area contributed by atoms with E-state index in [1.807, 2.05) is 0 Å². The van der Waals surface area contributed by atoms with Crippen LogP contribution in [0.25, 0.3) is 0 Å². The van der Waals surface area contributed by atoms with Crippen molar-refractivity contribution in [3.63, 3.8) is 0 Å². The quantitative estimate of drug-likeness (QED) is 0.663. The highest BCUT2D eigenvalue weighted by Crippen LogP contribution is 2.52. The van der Waals surface area contributed by atoms with Crippen molar-refractivity contribution in [2.75, 3.05) is 0 Å². The topological polar surface area (TPSA) is 45.8 Å². The Morgan fingerprint density at radius 1 is 1.00 bits per heavy atom. The monoisotopic (exact) mass is 320 g/mol. The van der Waals surface area contributed by atoms with Gasteiger partial charge in [-0.2, -0.15) is 31.4 Å². The van der Waals surface area contributed by atoms with Crippen molar-refractivity contribution in [2.45, 2.75) is 38.8 Å². The van der Waals surface area contributed by atoms with Gasteiger partial charge in [-0.15, -0.1) is 0 Å². The lowest BCUT2D eigenvalue weighted by atomic mass is 9.88. The van der Waals surface area contributed by atoms with E-state index >= 15 is 0 Å². The molecule has 1 rings (SSSR count). The molecule has 0 amide bonds. The lowest BCUT2D eigenvalue weighted by Gasteiger charge is -2.28. The first-order chi connectivity index (χ1) is 9.12. The van der Waals surface area contributed by atoms with Crippen LogP contribution in [0, 0.1) is 5.41 Å². The fourth-order valence-electron chi connectivity index (χ4n) is 1.46. The van der Waals surface area contributed by atoms with Gasteiger partial charge in [-0.05, 0) is 6.07 Å². The molecule has 120 valence electrons. The molecule has 0 aliphatic carbocycles. The largest absolute Gasteiger partial charge is 0.437 e.